The highest BCUT2D eigenvalue weighted by molar-refractivity contribution is 6.29. The van der Waals surface area contributed by atoms with Crippen LogP contribution in [0.25, 0.3) is 0 Å². The van der Waals surface area contributed by atoms with Gasteiger partial charge in [0.25, 0.3) is 0 Å². The molecular formula is C9H8ClF3N2O. The number of nitrogens with one attached hydrogen (secondary N) is 1. The average Bonchev–Trinajstić information content (AvgIpc) is 2.19. The molecule has 3 nitrogen and oxygen atoms in total. The number of pyridine rings is 1. The van der Waals surface area contributed by atoms with Crippen LogP contribution in [0.15, 0.2) is 12.3 Å². The maximum absolute atomic E-state index is 12.5. The molecule has 0 saturated carbocycles. The number of amides is 1. The molecule has 0 atom stereocenters. The maximum atomic E-state index is 12.5. The zero-order chi connectivity index (χ0) is 12.3. The first kappa shape index (κ1) is 12.8. The van der Waals surface area contributed by atoms with Gasteiger partial charge in [-0.3, -0.25) is 4.79 Å². The number of anilines is 1. The summed E-state index contributed by atoms with van der Waals surface area (Å²) in [5, 5.41) is 2.08. The third-order valence-corrected chi connectivity index (χ3v) is 2.06. The van der Waals surface area contributed by atoms with E-state index in [-0.39, 0.29) is 11.3 Å². The minimum atomic E-state index is -4.61. The van der Waals surface area contributed by atoms with Gasteiger partial charge in [0.1, 0.15) is 5.88 Å². The van der Waals surface area contributed by atoms with Crippen molar-refractivity contribution in [3.63, 3.8) is 0 Å². The fourth-order valence-electron chi connectivity index (χ4n) is 1.10. The van der Waals surface area contributed by atoms with Crippen LogP contribution in [0.3, 0.4) is 0 Å². The van der Waals surface area contributed by atoms with Crippen molar-refractivity contribution < 1.29 is 18.0 Å². The van der Waals surface area contributed by atoms with Gasteiger partial charge in [-0.25, -0.2) is 4.98 Å². The van der Waals surface area contributed by atoms with Gasteiger partial charge in [-0.2, -0.15) is 13.2 Å². The number of rotatable bonds is 2. The summed E-state index contributed by atoms with van der Waals surface area (Å²) >= 11 is 5.21. The van der Waals surface area contributed by atoms with Gasteiger partial charge in [0, 0.05) is 6.20 Å². The molecule has 0 bridgehead atoms. The highest BCUT2D eigenvalue weighted by Gasteiger charge is 2.36. The van der Waals surface area contributed by atoms with E-state index in [2.05, 4.69) is 10.3 Å². The molecule has 7 heteroatoms. The summed E-state index contributed by atoms with van der Waals surface area (Å²) in [6, 6.07) is 1.37. The topological polar surface area (TPSA) is 42.0 Å². The van der Waals surface area contributed by atoms with E-state index in [1.807, 2.05) is 0 Å². The molecule has 1 rings (SSSR count). The second kappa shape index (κ2) is 4.69. The lowest BCUT2D eigenvalue weighted by molar-refractivity contribution is -0.140. The molecule has 16 heavy (non-hydrogen) atoms. The molecule has 0 saturated heterocycles. The summed E-state index contributed by atoms with van der Waals surface area (Å²) < 4.78 is 37.6. The molecule has 0 spiro atoms. The van der Waals surface area contributed by atoms with E-state index in [0.29, 0.717) is 0 Å². The molecule has 0 fully saturated rings. The highest BCUT2D eigenvalue weighted by atomic mass is 35.5. The molecule has 0 unspecified atom stereocenters. The molecule has 0 aliphatic heterocycles. The van der Waals surface area contributed by atoms with Gasteiger partial charge in [-0.1, -0.05) is 0 Å². The van der Waals surface area contributed by atoms with Crippen LogP contribution in [0.1, 0.15) is 11.3 Å². The van der Waals surface area contributed by atoms with Crippen molar-refractivity contribution in [2.24, 2.45) is 0 Å². The predicted molar refractivity (Wildman–Crippen MR) is 53.3 cm³/mol. The minimum absolute atomic E-state index is 0.279. The molecule has 1 N–H and O–H groups in total. The van der Waals surface area contributed by atoms with Crippen LogP contribution >= 0.6 is 11.6 Å². The van der Waals surface area contributed by atoms with Crippen molar-refractivity contribution in [3.8, 4) is 0 Å². The number of carbonyl (C=O) groups is 1. The first-order chi connectivity index (χ1) is 7.36. The Morgan fingerprint density at radius 3 is 2.69 bits per heavy atom. The fourth-order valence-corrected chi connectivity index (χ4v) is 1.17. The Morgan fingerprint density at radius 2 is 2.19 bits per heavy atom. The van der Waals surface area contributed by atoms with E-state index in [1.54, 1.807) is 0 Å². The van der Waals surface area contributed by atoms with Gasteiger partial charge in [0.05, 0.1) is 5.69 Å². The number of aromatic nitrogens is 1. The lowest BCUT2D eigenvalue weighted by atomic mass is 10.2. The fraction of sp³-hybridized carbons (Fsp3) is 0.333. The molecule has 0 aliphatic carbocycles. The molecule has 1 aromatic rings. The number of hydrogen-bond donors (Lipinski definition) is 1. The third-order valence-electron chi connectivity index (χ3n) is 1.81. The molecular weight excluding hydrogens is 245 g/mol. The molecule has 0 radical (unpaired) electrons. The van der Waals surface area contributed by atoms with Crippen molar-refractivity contribution in [2.75, 3.05) is 11.2 Å². The number of nitrogens with zero attached hydrogens (tertiary/aromatic N) is 1. The average molecular weight is 253 g/mol. The van der Waals surface area contributed by atoms with Crippen molar-refractivity contribution in [3.05, 3.63) is 23.5 Å². The Morgan fingerprint density at radius 1 is 1.56 bits per heavy atom. The van der Waals surface area contributed by atoms with Crippen molar-refractivity contribution >= 4 is 23.2 Å². The van der Waals surface area contributed by atoms with Crippen molar-refractivity contribution in [1.82, 2.24) is 4.98 Å². The summed E-state index contributed by atoms with van der Waals surface area (Å²) in [7, 11) is 0. The standard InChI is InChI=1S/C9H8ClF3N2O/c1-5-2-3-14-8(9(11,12)13)7(5)15-6(16)4-10/h2-3H,4H2,1H3,(H,15,16). The number of alkyl halides is 4. The van der Waals surface area contributed by atoms with Crippen LogP contribution < -0.4 is 5.32 Å². The summed E-state index contributed by atoms with van der Waals surface area (Å²) in [6.07, 6.45) is -3.57. The summed E-state index contributed by atoms with van der Waals surface area (Å²) in [4.78, 5) is 14.2. The Labute approximate surface area is 94.6 Å². The highest BCUT2D eigenvalue weighted by Crippen LogP contribution is 2.34. The van der Waals surface area contributed by atoms with E-state index in [0.717, 1.165) is 6.20 Å². The quantitative estimate of drug-likeness (QED) is 0.822. The van der Waals surface area contributed by atoms with Crippen LogP contribution in [0, 0.1) is 6.92 Å². The van der Waals surface area contributed by atoms with E-state index >= 15 is 0 Å². The van der Waals surface area contributed by atoms with Crippen molar-refractivity contribution in [2.45, 2.75) is 13.1 Å². The number of halogens is 4. The largest absolute Gasteiger partial charge is 0.435 e. The zero-order valence-electron chi connectivity index (χ0n) is 8.23. The smallest absolute Gasteiger partial charge is 0.323 e. The van der Waals surface area contributed by atoms with Gasteiger partial charge in [-0.05, 0) is 18.6 Å². The lowest BCUT2D eigenvalue weighted by Gasteiger charge is -2.14. The van der Waals surface area contributed by atoms with Crippen LogP contribution in [-0.2, 0) is 11.0 Å². The van der Waals surface area contributed by atoms with E-state index in [4.69, 9.17) is 11.6 Å². The second-order valence-electron chi connectivity index (χ2n) is 3.03. The van der Waals surface area contributed by atoms with Gasteiger partial charge < -0.3 is 5.32 Å². The van der Waals surface area contributed by atoms with Gasteiger partial charge in [0.2, 0.25) is 5.91 Å². The van der Waals surface area contributed by atoms with Crippen molar-refractivity contribution in [1.29, 1.82) is 0 Å². The van der Waals surface area contributed by atoms with E-state index < -0.39 is 23.7 Å². The number of aryl methyl sites for hydroxylation is 1. The zero-order valence-corrected chi connectivity index (χ0v) is 8.99. The minimum Gasteiger partial charge on any atom is -0.323 e. The lowest BCUT2D eigenvalue weighted by Crippen LogP contribution is -2.19. The first-order valence-electron chi connectivity index (χ1n) is 4.25. The van der Waals surface area contributed by atoms with Gasteiger partial charge >= 0.3 is 6.18 Å². The summed E-state index contributed by atoms with van der Waals surface area (Å²) in [6.45, 7) is 1.45. The maximum Gasteiger partial charge on any atom is 0.435 e. The Bertz CT molecular complexity index is 406. The van der Waals surface area contributed by atoms with Crippen LogP contribution in [0.4, 0.5) is 18.9 Å². The van der Waals surface area contributed by atoms with Crippen LogP contribution in [-0.4, -0.2) is 16.8 Å². The van der Waals surface area contributed by atoms with Crippen LogP contribution in [0.5, 0.6) is 0 Å². The van der Waals surface area contributed by atoms with Crippen LogP contribution in [0.2, 0.25) is 0 Å². The number of hydrogen-bond acceptors (Lipinski definition) is 2. The van der Waals surface area contributed by atoms with E-state index in [1.165, 1.54) is 13.0 Å². The monoisotopic (exact) mass is 252 g/mol. The summed E-state index contributed by atoms with van der Waals surface area (Å²) in [5.74, 6) is -1.12. The van der Waals surface area contributed by atoms with Gasteiger partial charge in [0.15, 0.2) is 5.69 Å². The Hall–Kier alpha value is -1.30. The molecule has 0 aliphatic rings. The molecule has 1 amide bonds. The third kappa shape index (κ3) is 2.85. The second-order valence-corrected chi connectivity index (χ2v) is 3.30. The Balaban J connectivity index is 3.19. The van der Waals surface area contributed by atoms with E-state index in [9.17, 15) is 18.0 Å². The SMILES string of the molecule is Cc1ccnc(C(F)(F)F)c1NC(=O)CCl. The Kier molecular flexibility index (Phi) is 3.74. The molecule has 1 aromatic heterocycles. The normalized spacial score (nSPS) is 11.3. The van der Waals surface area contributed by atoms with Gasteiger partial charge in [-0.15, -0.1) is 11.6 Å². The molecule has 88 valence electrons. The number of carbonyl (C=O) groups excluding carboxylic acids is 1. The molecule has 0 aromatic carbocycles. The summed E-state index contributed by atoms with van der Waals surface area (Å²) in [5.41, 5.74) is -1.19. The first-order valence-corrected chi connectivity index (χ1v) is 4.78. The molecule has 1 heterocycles. The predicted octanol–water partition coefficient (Wildman–Crippen LogP) is 2.59.